The highest BCUT2D eigenvalue weighted by atomic mass is 79.9. The summed E-state index contributed by atoms with van der Waals surface area (Å²) in [5, 5.41) is 3.69. The summed E-state index contributed by atoms with van der Waals surface area (Å²) < 4.78 is 1.01. The van der Waals surface area contributed by atoms with Crippen LogP contribution in [0.25, 0.3) is 0 Å². The van der Waals surface area contributed by atoms with Gasteiger partial charge in [0, 0.05) is 22.0 Å². The number of hydrogen-bond donors (Lipinski definition) is 1. The maximum absolute atomic E-state index is 10.9. The number of benzene rings is 1. The maximum atomic E-state index is 10.9. The van der Waals surface area contributed by atoms with Gasteiger partial charge in [-0.25, -0.2) is 4.98 Å². The van der Waals surface area contributed by atoms with Gasteiger partial charge in [0.2, 0.25) is 5.91 Å². The Kier molecular flexibility index (Phi) is 4.61. The van der Waals surface area contributed by atoms with Crippen molar-refractivity contribution in [1.29, 1.82) is 0 Å². The molecule has 0 bridgehead atoms. The normalized spacial score (nSPS) is 10.3. The Morgan fingerprint density at radius 2 is 1.89 bits per heavy atom. The summed E-state index contributed by atoms with van der Waals surface area (Å²) in [7, 11) is 0. The summed E-state index contributed by atoms with van der Waals surface area (Å²) in [6.07, 6.45) is 0. The van der Waals surface area contributed by atoms with Crippen molar-refractivity contribution in [2.24, 2.45) is 0 Å². The van der Waals surface area contributed by atoms with Crippen molar-refractivity contribution in [1.82, 2.24) is 4.98 Å². The van der Waals surface area contributed by atoms with Crippen LogP contribution >= 0.6 is 27.7 Å². The first-order valence-corrected chi connectivity index (χ1v) is 7.34. The van der Waals surface area contributed by atoms with Crippen molar-refractivity contribution in [3.63, 3.8) is 0 Å². The van der Waals surface area contributed by atoms with Crippen molar-refractivity contribution in [2.75, 3.05) is 5.32 Å². The van der Waals surface area contributed by atoms with Gasteiger partial charge in [0.1, 0.15) is 5.03 Å². The summed E-state index contributed by atoms with van der Waals surface area (Å²) in [6.45, 7) is 3.46. The Hall–Kier alpha value is -1.33. The Balaban J connectivity index is 2.10. The zero-order chi connectivity index (χ0) is 13.8. The molecule has 0 saturated carbocycles. The highest BCUT2D eigenvalue weighted by Gasteiger charge is 2.02. The number of aromatic nitrogens is 1. The number of amides is 1. The lowest BCUT2D eigenvalue weighted by Crippen LogP contribution is -2.05. The summed E-state index contributed by atoms with van der Waals surface area (Å²) in [5.74, 6) is -0.0643. The van der Waals surface area contributed by atoms with Gasteiger partial charge in [-0.1, -0.05) is 11.8 Å². The van der Waals surface area contributed by atoms with Crippen molar-refractivity contribution in [2.45, 2.75) is 23.8 Å². The first-order valence-electron chi connectivity index (χ1n) is 5.73. The third-order valence-corrected chi connectivity index (χ3v) is 4.18. The smallest absolute Gasteiger partial charge is 0.221 e. The standard InChI is InChI=1S/C14H13BrN2OS/c1-9-13(15)7-8-14(16-9)19-12-5-3-11(4-6-12)17-10(2)18/h3-8H,1-2H3,(H,17,18). The minimum atomic E-state index is -0.0643. The zero-order valence-electron chi connectivity index (χ0n) is 10.6. The zero-order valence-corrected chi connectivity index (χ0v) is 13.0. The molecule has 5 heteroatoms. The molecule has 0 radical (unpaired) electrons. The van der Waals surface area contributed by atoms with Gasteiger partial charge < -0.3 is 5.32 Å². The van der Waals surface area contributed by atoms with E-state index in [0.717, 1.165) is 25.8 Å². The second-order valence-electron chi connectivity index (χ2n) is 4.02. The Morgan fingerprint density at radius 3 is 2.47 bits per heavy atom. The molecular formula is C14H13BrN2OS. The van der Waals surface area contributed by atoms with Gasteiger partial charge in [-0.15, -0.1) is 0 Å². The van der Waals surface area contributed by atoms with Crippen LogP contribution in [-0.2, 0) is 4.79 Å². The number of carbonyl (C=O) groups is 1. The lowest BCUT2D eigenvalue weighted by molar-refractivity contribution is -0.114. The quantitative estimate of drug-likeness (QED) is 0.910. The Morgan fingerprint density at radius 1 is 1.21 bits per heavy atom. The van der Waals surface area contributed by atoms with Crippen LogP contribution in [0.3, 0.4) is 0 Å². The lowest BCUT2D eigenvalue weighted by atomic mass is 10.3. The van der Waals surface area contributed by atoms with Crippen molar-refractivity contribution >= 4 is 39.3 Å². The molecule has 19 heavy (non-hydrogen) atoms. The summed E-state index contributed by atoms with van der Waals surface area (Å²) in [6, 6.07) is 11.7. The van der Waals surface area contributed by atoms with Crippen LogP contribution in [0.15, 0.2) is 50.8 Å². The number of rotatable bonds is 3. The van der Waals surface area contributed by atoms with Crippen LogP contribution in [0.5, 0.6) is 0 Å². The number of halogens is 1. The minimum absolute atomic E-state index is 0.0643. The van der Waals surface area contributed by atoms with Gasteiger partial charge in [0.25, 0.3) is 0 Å². The van der Waals surface area contributed by atoms with E-state index in [4.69, 9.17) is 0 Å². The monoisotopic (exact) mass is 336 g/mol. The number of pyridine rings is 1. The van der Waals surface area contributed by atoms with Crippen LogP contribution < -0.4 is 5.32 Å². The average Bonchev–Trinajstić information content (AvgIpc) is 2.36. The lowest BCUT2D eigenvalue weighted by Gasteiger charge is -2.05. The second-order valence-corrected chi connectivity index (χ2v) is 5.97. The van der Waals surface area contributed by atoms with Crippen LogP contribution in [0.4, 0.5) is 5.69 Å². The van der Waals surface area contributed by atoms with Crippen LogP contribution in [0.2, 0.25) is 0 Å². The molecule has 1 heterocycles. The number of carbonyl (C=O) groups excluding carboxylic acids is 1. The van der Waals surface area contributed by atoms with E-state index in [1.54, 1.807) is 11.8 Å². The molecular weight excluding hydrogens is 324 g/mol. The SMILES string of the molecule is CC(=O)Nc1ccc(Sc2ccc(Br)c(C)n2)cc1. The molecule has 0 aliphatic heterocycles. The fourth-order valence-electron chi connectivity index (χ4n) is 1.51. The highest BCUT2D eigenvalue weighted by molar-refractivity contribution is 9.10. The second kappa shape index (κ2) is 6.21. The molecule has 0 spiro atoms. The molecule has 0 fully saturated rings. The van der Waals surface area contributed by atoms with Gasteiger partial charge in [-0.05, 0) is 59.3 Å². The van der Waals surface area contributed by atoms with Crippen LogP contribution in [0.1, 0.15) is 12.6 Å². The molecule has 1 N–H and O–H groups in total. The average molecular weight is 337 g/mol. The van der Waals surface area contributed by atoms with Crippen molar-refractivity contribution < 1.29 is 4.79 Å². The molecule has 2 rings (SSSR count). The first kappa shape index (κ1) is 14.1. The predicted octanol–water partition coefficient (Wildman–Crippen LogP) is 4.26. The van der Waals surface area contributed by atoms with Crippen molar-refractivity contribution in [3.8, 4) is 0 Å². The number of aryl methyl sites for hydroxylation is 1. The Labute approximate surface area is 125 Å². The molecule has 1 aromatic heterocycles. The summed E-state index contributed by atoms with van der Waals surface area (Å²) >= 11 is 5.03. The number of anilines is 1. The molecule has 2 aromatic rings. The first-order chi connectivity index (χ1) is 9.04. The fourth-order valence-corrected chi connectivity index (χ4v) is 2.56. The third-order valence-electron chi connectivity index (χ3n) is 2.39. The molecule has 1 amide bonds. The minimum Gasteiger partial charge on any atom is -0.326 e. The van der Waals surface area contributed by atoms with E-state index in [-0.39, 0.29) is 5.91 Å². The summed E-state index contributed by atoms with van der Waals surface area (Å²) in [5.41, 5.74) is 1.77. The van der Waals surface area contributed by atoms with E-state index >= 15 is 0 Å². The van der Waals surface area contributed by atoms with Gasteiger partial charge in [0.05, 0.1) is 5.69 Å². The van der Waals surface area contributed by atoms with Gasteiger partial charge in [-0.3, -0.25) is 4.79 Å². The Bertz CT molecular complexity index is 599. The van der Waals surface area contributed by atoms with Gasteiger partial charge >= 0.3 is 0 Å². The topological polar surface area (TPSA) is 42.0 Å². The van der Waals surface area contributed by atoms with E-state index in [2.05, 4.69) is 26.2 Å². The van der Waals surface area contributed by atoms with E-state index in [0.29, 0.717) is 0 Å². The van der Waals surface area contributed by atoms with Crippen molar-refractivity contribution in [3.05, 3.63) is 46.6 Å². The molecule has 0 unspecified atom stereocenters. The molecule has 98 valence electrons. The molecule has 1 aromatic carbocycles. The van der Waals surface area contributed by atoms with E-state index < -0.39 is 0 Å². The third kappa shape index (κ3) is 4.08. The number of nitrogens with zero attached hydrogens (tertiary/aromatic N) is 1. The number of hydrogen-bond acceptors (Lipinski definition) is 3. The largest absolute Gasteiger partial charge is 0.326 e. The molecule has 0 saturated heterocycles. The van der Waals surface area contributed by atoms with E-state index in [1.807, 2.05) is 43.3 Å². The summed E-state index contributed by atoms with van der Waals surface area (Å²) in [4.78, 5) is 16.5. The van der Waals surface area contributed by atoms with E-state index in [1.165, 1.54) is 6.92 Å². The fraction of sp³-hybridized carbons (Fsp3) is 0.143. The number of nitrogens with one attached hydrogen (secondary N) is 1. The molecule has 3 nitrogen and oxygen atoms in total. The molecule has 0 aliphatic carbocycles. The van der Waals surface area contributed by atoms with Crippen LogP contribution in [-0.4, -0.2) is 10.9 Å². The molecule has 0 aliphatic rings. The highest BCUT2D eigenvalue weighted by Crippen LogP contribution is 2.28. The molecule has 0 atom stereocenters. The maximum Gasteiger partial charge on any atom is 0.221 e. The van der Waals surface area contributed by atoms with Crippen LogP contribution in [0, 0.1) is 6.92 Å². The van der Waals surface area contributed by atoms with Gasteiger partial charge in [-0.2, -0.15) is 0 Å². The van der Waals surface area contributed by atoms with Gasteiger partial charge in [0.15, 0.2) is 0 Å². The predicted molar refractivity (Wildman–Crippen MR) is 81.5 cm³/mol. The van der Waals surface area contributed by atoms with E-state index in [9.17, 15) is 4.79 Å².